The van der Waals surface area contributed by atoms with Crippen molar-refractivity contribution in [3.05, 3.63) is 63.5 Å². The van der Waals surface area contributed by atoms with Gasteiger partial charge in [-0.05, 0) is 85.3 Å². The highest BCUT2D eigenvalue weighted by Gasteiger charge is 2.54. The molecule has 0 bridgehead atoms. The van der Waals surface area contributed by atoms with Crippen LogP contribution in [0.25, 0.3) is 0 Å². The van der Waals surface area contributed by atoms with Crippen LogP contribution in [0.1, 0.15) is 137 Å². The number of pyridine rings is 1. The molecule has 1 saturated heterocycles. The first kappa shape index (κ1) is 31.2. The molecule has 1 unspecified atom stereocenters. The molecule has 1 aromatic carbocycles. The summed E-state index contributed by atoms with van der Waals surface area (Å²) in [7, 11) is -2.15. The maximum absolute atomic E-state index is 13.5. The third-order valence-electron chi connectivity index (χ3n) is 11.0. The van der Waals surface area contributed by atoms with Gasteiger partial charge in [0.2, 0.25) is 0 Å². The second kappa shape index (κ2) is 10.7. The predicted molar refractivity (Wildman–Crippen MR) is 165 cm³/mol. The van der Waals surface area contributed by atoms with Crippen molar-refractivity contribution in [2.75, 3.05) is 13.2 Å². The van der Waals surface area contributed by atoms with Crippen molar-refractivity contribution in [1.82, 2.24) is 4.98 Å². The van der Waals surface area contributed by atoms with Gasteiger partial charge in [-0.15, -0.1) is 0 Å². The Morgan fingerprint density at radius 1 is 0.953 bits per heavy atom. The fourth-order valence-electron chi connectivity index (χ4n) is 7.70. The summed E-state index contributed by atoms with van der Waals surface area (Å²) in [6.45, 7) is 17.5. The van der Waals surface area contributed by atoms with Crippen molar-refractivity contribution in [1.29, 1.82) is 0 Å². The van der Waals surface area contributed by atoms with E-state index in [0.717, 1.165) is 73.9 Å². The Morgan fingerprint density at radius 2 is 1.58 bits per heavy atom. The lowest BCUT2D eigenvalue weighted by molar-refractivity contribution is -0.137. The molecule has 2 fully saturated rings. The van der Waals surface area contributed by atoms with E-state index in [1.165, 1.54) is 23.3 Å². The molecular formula is C35H48F3NO3Si. The number of hydrogen-bond acceptors (Lipinski definition) is 4. The van der Waals surface area contributed by atoms with Gasteiger partial charge in [0.1, 0.15) is 6.10 Å². The quantitative estimate of drug-likeness (QED) is 0.321. The van der Waals surface area contributed by atoms with E-state index in [2.05, 4.69) is 47.7 Å². The average molecular weight is 616 g/mol. The fourth-order valence-corrected chi connectivity index (χ4v) is 8.97. The van der Waals surface area contributed by atoms with Crippen molar-refractivity contribution in [2.45, 2.75) is 134 Å². The van der Waals surface area contributed by atoms with E-state index in [9.17, 15) is 13.2 Å². The Labute approximate surface area is 256 Å². The highest BCUT2D eigenvalue weighted by Crippen LogP contribution is 2.61. The molecule has 2 aliphatic heterocycles. The highest BCUT2D eigenvalue weighted by atomic mass is 28.4. The summed E-state index contributed by atoms with van der Waals surface area (Å²) in [5.74, 6) is 0.231. The molecule has 1 aromatic heterocycles. The topological polar surface area (TPSA) is 40.6 Å². The highest BCUT2D eigenvalue weighted by molar-refractivity contribution is 6.74. The van der Waals surface area contributed by atoms with Crippen molar-refractivity contribution >= 4 is 8.32 Å². The Balaban J connectivity index is 1.59. The van der Waals surface area contributed by atoms with E-state index in [-0.39, 0.29) is 22.5 Å². The Morgan fingerprint density at radius 3 is 2.16 bits per heavy atom. The number of ether oxygens (including phenoxy) is 2. The molecule has 0 radical (unpaired) electrons. The van der Waals surface area contributed by atoms with Crippen LogP contribution in [-0.4, -0.2) is 26.5 Å². The van der Waals surface area contributed by atoms with Crippen LogP contribution < -0.4 is 0 Å². The number of benzene rings is 1. The molecule has 3 heterocycles. The molecule has 1 spiro atoms. The van der Waals surface area contributed by atoms with Gasteiger partial charge in [-0.1, -0.05) is 59.6 Å². The summed E-state index contributed by atoms with van der Waals surface area (Å²) in [5.41, 5.74) is 5.52. The summed E-state index contributed by atoms with van der Waals surface area (Å²) >= 11 is 0. The minimum atomic E-state index is -4.38. The largest absolute Gasteiger partial charge is 0.416 e. The van der Waals surface area contributed by atoms with Gasteiger partial charge >= 0.3 is 6.18 Å². The van der Waals surface area contributed by atoms with E-state index >= 15 is 0 Å². The lowest BCUT2D eigenvalue weighted by Crippen LogP contribution is -2.44. The van der Waals surface area contributed by atoms with E-state index in [1.54, 1.807) is 12.1 Å². The summed E-state index contributed by atoms with van der Waals surface area (Å²) in [5, 5.41) is 0.0533. The van der Waals surface area contributed by atoms with Crippen LogP contribution in [0.15, 0.2) is 24.3 Å². The smallest absolute Gasteiger partial charge is 0.410 e. The minimum Gasteiger partial charge on any atom is -0.410 e. The van der Waals surface area contributed by atoms with Crippen LogP contribution >= 0.6 is 0 Å². The van der Waals surface area contributed by atoms with Crippen LogP contribution in [0, 0.1) is 5.41 Å². The number of alkyl halides is 3. The van der Waals surface area contributed by atoms with Crippen LogP contribution in [0.5, 0.6) is 0 Å². The van der Waals surface area contributed by atoms with Gasteiger partial charge in [-0.3, -0.25) is 4.98 Å². The number of halogens is 3. The van der Waals surface area contributed by atoms with Crippen molar-refractivity contribution < 1.29 is 27.1 Å². The van der Waals surface area contributed by atoms with Gasteiger partial charge in [0.25, 0.3) is 0 Å². The van der Waals surface area contributed by atoms with Gasteiger partial charge in [-0.2, -0.15) is 13.2 Å². The van der Waals surface area contributed by atoms with Crippen molar-refractivity contribution in [3.8, 4) is 0 Å². The normalized spacial score (nSPS) is 25.6. The Bertz CT molecular complexity index is 1350. The van der Waals surface area contributed by atoms with Crippen LogP contribution in [-0.2, 0) is 32.1 Å². The van der Waals surface area contributed by atoms with E-state index < -0.39 is 31.8 Å². The number of aromatic nitrogens is 1. The van der Waals surface area contributed by atoms with Crippen LogP contribution in [0.4, 0.5) is 13.2 Å². The maximum Gasteiger partial charge on any atom is 0.416 e. The molecule has 2 atom stereocenters. The van der Waals surface area contributed by atoms with E-state index in [1.807, 2.05) is 0 Å². The molecule has 4 nitrogen and oxygen atoms in total. The molecule has 2 aliphatic carbocycles. The number of nitrogens with zero attached hydrogens (tertiary/aromatic N) is 1. The molecule has 4 aliphatic rings. The number of hydrogen-bond donors (Lipinski definition) is 0. The Kier molecular flexibility index (Phi) is 7.75. The van der Waals surface area contributed by atoms with Crippen LogP contribution in [0.3, 0.4) is 0 Å². The maximum atomic E-state index is 13.5. The first-order valence-electron chi connectivity index (χ1n) is 16.2. The minimum absolute atomic E-state index is 0.0311. The second-order valence-electron chi connectivity index (χ2n) is 15.8. The zero-order valence-electron chi connectivity index (χ0n) is 26.9. The number of rotatable bonds is 4. The van der Waals surface area contributed by atoms with Gasteiger partial charge in [-0.25, -0.2) is 0 Å². The van der Waals surface area contributed by atoms with E-state index in [0.29, 0.717) is 13.2 Å². The summed E-state index contributed by atoms with van der Waals surface area (Å²) in [4.78, 5) is 5.55. The monoisotopic (exact) mass is 615 g/mol. The third kappa shape index (κ3) is 5.63. The molecule has 43 heavy (non-hydrogen) atoms. The first-order valence-corrected chi connectivity index (χ1v) is 19.1. The molecule has 0 amide bonds. The van der Waals surface area contributed by atoms with Crippen LogP contribution in [0.2, 0.25) is 18.1 Å². The molecule has 8 heteroatoms. The average Bonchev–Trinajstić information content (AvgIpc) is 3.52. The summed E-state index contributed by atoms with van der Waals surface area (Å²) in [6, 6.07) is 5.63. The lowest BCUT2D eigenvalue weighted by atomic mass is 9.70. The van der Waals surface area contributed by atoms with Gasteiger partial charge in [0.15, 0.2) is 8.32 Å². The number of fused-ring (bicyclic) bond motifs is 4. The Hall–Kier alpha value is -1.74. The third-order valence-corrected chi connectivity index (χ3v) is 15.4. The standard InChI is InChI=1S/C35H48F3NO3Si/c1-32(2,3)43(6,7)42-26-21-33(4,5)20-25-27(26)29-28(30(39-25)22-14-18-40-19-15-22)31(41-34(29)16-8-9-17-34)23-10-12-24(13-11-23)35(36,37)38/h10-13,22,26,31H,8-9,14-21H2,1-7H3/t26?,31-/m1/s1. The summed E-state index contributed by atoms with van der Waals surface area (Å²) in [6.07, 6.45) is 2.62. The molecule has 6 rings (SSSR count). The fraction of sp³-hybridized carbons (Fsp3) is 0.686. The van der Waals surface area contributed by atoms with Crippen molar-refractivity contribution in [2.24, 2.45) is 5.41 Å². The van der Waals surface area contributed by atoms with Gasteiger partial charge in [0.05, 0.1) is 23.0 Å². The van der Waals surface area contributed by atoms with Gasteiger partial charge in [0, 0.05) is 36.0 Å². The van der Waals surface area contributed by atoms with Gasteiger partial charge < -0.3 is 13.9 Å². The molecule has 0 N–H and O–H groups in total. The molecule has 1 saturated carbocycles. The molecular weight excluding hydrogens is 567 g/mol. The zero-order valence-corrected chi connectivity index (χ0v) is 27.9. The van der Waals surface area contributed by atoms with Crippen molar-refractivity contribution in [3.63, 3.8) is 0 Å². The first-order chi connectivity index (χ1) is 20.0. The van der Waals surface area contributed by atoms with E-state index in [4.69, 9.17) is 18.9 Å². The zero-order chi connectivity index (χ0) is 31.0. The SMILES string of the molecule is CC1(C)Cc2nc(C3CCOCC3)c3c(c2C(O[Si](C)(C)C(C)(C)C)C1)C1(CCCC1)O[C@@H]3c1ccc(C(F)(F)F)cc1. The second-order valence-corrected chi connectivity index (χ2v) is 20.5. The summed E-state index contributed by atoms with van der Waals surface area (Å²) < 4.78 is 60.9. The molecule has 236 valence electrons. The predicted octanol–water partition coefficient (Wildman–Crippen LogP) is 9.92. The molecule has 2 aromatic rings. The lowest BCUT2D eigenvalue weighted by Gasteiger charge is -2.45.